The van der Waals surface area contributed by atoms with Crippen molar-refractivity contribution in [2.75, 3.05) is 70.2 Å². The summed E-state index contributed by atoms with van der Waals surface area (Å²) in [5.74, 6) is 1.00. The van der Waals surface area contributed by atoms with Crippen LogP contribution in [0.1, 0.15) is 19.8 Å². The van der Waals surface area contributed by atoms with Crippen LogP contribution in [0.3, 0.4) is 0 Å². The maximum Gasteiger partial charge on any atom is 0.256 e. The second-order valence-corrected chi connectivity index (χ2v) is 9.94. The zero-order valence-corrected chi connectivity index (χ0v) is 23.2. The first-order chi connectivity index (χ1) is 18.4. The van der Waals surface area contributed by atoms with Gasteiger partial charge in [-0.2, -0.15) is 0 Å². The Balaban J connectivity index is 1.46. The predicted octanol–water partition coefficient (Wildman–Crippen LogP) is 3.06. The minimum Gasteiger partial charge on any atom is -0.497 e. The van der Waals surface area contributed by atoms with Crippen LogP contribution in [0, 0.1) is 0 Å². The number of hydrogen-bond acceptors (Lipinski definition) is 7. The standard InChI is InChI=1S/C28H37N5O4S/c1-4-37-24-12-8-22(9-13-24)33-27(35)25(20-26(34)29-21-6-10-23(36-3)11-7-21)32(28(33)38)15-5-14-31-18-16-30(2)17-19-31/h6-13,25H,4-5,14-20H2,1-3H3,(H,29,34)/t25-/m0/s1. The molecule has 0 aromatic heterocycles. The monoisotopic (exact) mass is 539 g/mol. The van der Waals surface area contributed by atoms with Crippen molar-refractivity contribution in [3.05, 3.63) is 48.5 Å². The number of benzene rings is 2. The molecule has 1 atom stereocenters. The average Bonchev–Trinajstić information content (AvgIpc) is 3.15. The molecule has 0 aliphatic carbocycles. The van der Waals surface area contributed by atoms with E-state index < -0.39 is 6.04 Å². The number of anilines is 2. The van der Waals surface area contributed by atoms with Crippen LogP contribution in [0.15, 0.2) is 48.5 Å². The summed E-state index contributed by atoms with van der Waals surface area (Å²) in [6, 6.07) is 13.8. The van der Waals surface area contributed by atoms with Crippen LogP contribution < -0.4 is 19.7 Å². The van der Waals surface area contributed by atoms with Crippen molar-refractivity contribution in [3.8, 4) is 11.5 Å². The number of carbonyl (C=O) groups is 2. The summed E-state index contributed by atoms with van der Waals surface area (Å²) in [6.07, 6.45) is 0.859. The molecule has 2 heterocycles. The van der Waals surface area contributed by atoms with E-state index in [-0.39, 0.29) is 18.2 Å². The van der Waals surface area contributed by atoms with E-state index in [1.165, 1.54) is 0 Å². The van der Waals surface area contributed by atoms with Crippen molar-refractivity contribution in [2.45, 2.75) is 25.8 Å². The summed E-state index contributed by atoms with van der Waals surface area (Å²) in [5.41, 5.74) is 1.32. The van der Waals surface area contributed by atoms with Gasteiger partial charge in [0, 0.05) is 38.4 Å². The van der Waals surface area contributed by atoms with Gasteiger partial charge >= 0.3 is 0 Å². The van der Waals surface area contributed by atoms with Crippen LogP contribution >= 0.6 is 12.2 Å². The van der Waals surface area contributed by atoms with E-state index in [0.29, 0.717) is 35.4 Å². The van der Waals surface area contributed by atoms with Gasteiger partial charge in [0.2, 0.25) is 5.91 Å². The normalized spacial score (nSPS) is 18.7. The molecule has 38 heavy (non-hydrogen) atoms. The smallest absolute Gasteiger partial charge is 0.256 e. The summed E-state index contributed by atoms with van der Waals surface area (Å²) in [7, 11) is 3.74. The molecule has 1 N–H and O–H groups in total. The highest BCUT2D eigenvalue weighted by molar-refractivity contribution is 7.80. The van der Waals surface area contributed by atoms with E-state index in [9.17, 15) is 9.59 Å². The number of hydrogen-bond donors (Lipinski definition) is 1. The van der Waals surface area contributed by atoms with Crippen LogP contribution in [-0.4, -0.2) is 97.7 Å². The Morgan fingerprint density at radius 1 is 1.00 bits per heavy atom. The van der Waals surface area contributed by atoms with Crippen molar-refractivity contribution < 1.29 is 19.1 Å². The molecule has 9 nitrogen and oxygen atoms in total. The van der Waals surface area contributed by atoms with Gasteiger partial charge in [0.15, 0.2) is 5.11 Å². The highest BCUT2D eigenvalue weighted by Gasteiger charge is 2.44. The Morgan fingerprint density at radius 3 is 2.29 bits per heavy atom. The van der Waals surface area contributed by atoms with Crippen LogP contribution in [0.5, 0.6) is 11.5 Å². The minimum atomic E-state index is -0.667. The molecule has 2 aliphatic rings. The molecular formula is C28H37N5O4S. The van der Waals surface area contributed by atoms with Crippen molar-refractivity contribution in [1.82, 2.24) is 14.7 Å². The molecule has 0 radical (unpaired) electrons. The topological polar surface area (TPSA) is 77.6 Å². The molecule has 4 rings (SSSR count). The Bertz CT molecular complexity index is 1100. The number of amides is 2. The molecule has 2 aromatic rings. The first-order valence-corrected chi connectivity index (χ1v) is 13.5. The van der Waals surface area contributed by atoms with Crippen LogP contribution in [0.25, 0.3) is 0 Å². The Morgan fingerprint density at radius 2 is 1.66 bits per heavy atom. The zero-order chi connectivity index (χ0) is 27.1. The molecule has 204 valence electrons. The van der Waals surface area contributed by atoms with Gasteiger partial charge in [-0.25, -0.2) is 0 Å². The van der Waals surface area contributed by atoms with Crippen molar-refractivity contribution in [2.24, 2.45) is 0 Å². The third-order valence-corrected chi connectivity index (χ3v) is 7.36. The van der Waals surface area contributed by atoms with E-state index in [1.54, 1.807) is 36.3 Å². The highest BCUT2D eigenvalue weighted by Crippen LogP contribution is 2.29. The number of rotatable bonds is 11. The molecule has 2 amide bonds. The number of ether oxygens (including phenoxy) is 2. The zero-order valence-electron chi connectivity index (χ0n) is 22.4. The van der Waals surface area contributed by atoms with E-state index >= 15 is 0 Å². The number of thiocarbonyl (C=S) groups is 1. The van der Waals surface area contributed by atoms with Crippen molar-refractivity contribution in [1.29, 1.82) is 0 Å². The number of nitrogens with one attached hydrogen (secondary N) is 1. The van der Waals surface area contributed by atoms with Gasteiger partial charge in [0.1, 0.15) is 17.5 Å². The molecule has 0 saturated carbocycles. The molecule has 2 fully saturated rings. The highest BCUT2D eigenvalue weighted by atomic mass is 32.1. The van der Waals surface area contributed by atoms with E-state index in [1.807, 2.05) is 36.1 Å². The van der Waals surface area contributed by atoms with E-state index in [2.05, 4.69) is 22.2 Å². The lowest BCUT2D eigenvalue weighted by Crippen LogP contribution is -2.45. The summed E-state index contributed by atoms with van der Waals surface area (Å²) >= 11 is 5.81. The Labute approximate surface area is 230 Å². The third kappa shape index (κ3) is 6.80. The molecule has 2 aliphatic heterocycles. The van der Waals surface area contributed by atoms with Crippen LogP contribution in [0.2, 0.25) is 0 Å². The van der Waals surface area contributed by atoms with E-state index in [4.69, 9.17) is 21.7 Å². The quantitative estimate of drug-likeness (QED) is 0.437. The summed E-state index contributed by atoms with van der Waals surface area (Å²) in [4.78, 5) is 34.9. The maximum atomic E-state index is 13.7. The first kappa shape index (κ1) is 27.8. The van der Waals surface area contributed by atoms with Gasteiger partial charge in [0.25, 0.3) is 5.91 Å². The summed E-state index contributed by atoms with van der Waals surface area (Å²) in [5, 5.41) is 3.33. The number of carbonyl (C=O) groups excluding carboxylic acids is 2. The lowest BCUT2D eigenvalue weighted by atomic mass is 10.1. The number of piperazine rings is 1. The molecule has 0 spiro atoms. The van der Waals surface area contributed by atoms with Gasteiger partial charge in [-0.05, 0) is 87.7 Å². The third-order valence-electron chi connectivity index (χ3n) is 6.95. The lowest BCUT2D eigenvalue weighted by molar-refractivity contribution is -0.124. The lowest BCUT2D eigenvalue weighted by Gasteiger charge is -2.33. The van der Waals surface area contributed by atoms with E-state index in [0.717, 1.165) is 44.9 Å². The van der Waals surface area contributed by atoms with Gasteiger partial charge < -0.3 is 29.5 Å². The largest absolute Gasteiger partial charge is 0.497 e. The maximum absolute atomic E-state index is 13.7. The SMILES string of the molecule is CCOc1ccc(N2C(=O)[C@H](CC(=O)Nc3ccc(OC)cc3)N(CCCN3CCN(C)CC3)C2=S)cc1. The molecule has 0 unspecified atom stereocenters. The molecular weight excluding hydrogens is 502 g/mol. The van der Waals surface area contributed by atoms with Gasteiger partial charge in [-0.1, -0.05) is 0 Å². The fraction of sp³-hybridized carbons (Fsp3) is 0.464. The number of nitrogens with zero attached hydrogens (tertiary/aromatic N) is 4. The van der Waals surface area contributed by atoms with Crippen LogP contribution in [0.4, 0.5) is 11.4 Å². The number of methoxy groups -OCH3 is 1. The van der Waals surface area contributed by atoms with Gasteiger partial charge in [-0.15, -0.1) is 0 Å². The Hall–Kier alpha value is -3.21. The molecule has 10 heteroatoms. The van der Waals surface area contributed by atoms with Crippen LogP contribution in [-0.2, 0) is 9.59 Å². The summed E-state index contributed by atoms with van der Waals surface area (Å²) < 4.78 is 10.7. The minimum absolute atomic E-state index is 0.00699. The molecule has 0 bridgehead atoms. The fourth-order valence-corrected chi connectivity index (χ4v) is 5.20. The molecule has 2 aromatic carbocycles. The van der Waals surface area contributed by atoms with Crippen molar-refractivity contribution >= 4 is 40.5 Å². The average molecular weight is 540 g/mol. The first-order valence-electron chi connectivity index (χ1n) is 13.1. The fourth-order valence-electron chi connectivity index (χ4n) is 4.78. The van der Waals surface area contributed by atoms with Gasteiger partial charge in [0.05, 0.1) is 25.8 Å². The second kappa shape index (κ2) is 13.0. The Kier molecular flexibility index (Phi) is 9.54. The molecule has 2 saturated heterocycles. The second-order valence-electron chi connectivity index (χ2n) is 9.57. The number of likely N-dealkylation sites (N-methyl/N-ethyl adjacent to an activating group) is 1. The predicted molar refractivity (Wildman–Crippen MR) is 153 cm³/mol. The van der Waals surface area contributed by atoms with Crippen molar-refractivity contribution in [3.63, 3.8) is 0 Å². The summed E-state index contributed by atoms with van der Waals surface area (Å²) in [6.45, 7) is 8.19. The van der Waals surface area contributed by atoms with Gasteiger partial charge in [-0.3, -0.25) is 14.5 Å².